The molecule has 0 bridgehead atoms. The van der Waals surface area contributed by atoms with Crippen LogP contribution in [0.1, 0.15) is 27.2 Å². The van der Waals surface area contributed by atoms with Crippen LogP contribution >= 0.6 is 0 Å². The Hall–Kier alpha value is -0.780. The first kappa shape index (κ1) is 10.2. The number of allylic oxidation sites excluding steroid dienone is 5. The minimum Gasteiger partial charge on any atom is -0.0988 e. The van der Waals surface area contributed by atoms with E-state index in [0.717, 1.165) is 6.42 Å². The van der Waals surface area contributed by atoms with Crippen LogP contribution in [0.2, 0.25) is 0 Å². The summed E-state index contributed by atoms with van der Waals surface area (Å²) < 4.78 is 0. The fourth-order valence-electron chi connectivity index (χ4n) is 1.03. The summed E-state index contributed by atoms with van der Waals surface area (Å²) in [4.78, 5) is 0. The lowest BCUT2D eigenvalue weighted by atomic mass is 10.1. The Kier molecular flexibility index (Phi) is 5.54. The quantitative estimate of drug-likeness (QED) is 0.423. The molecule has 0 amide bonds. The SMILES string of the molecule is C=CC(=CC(C)C=CC)CC. The van der Waals surface area contributed by atoms with Crippen LogP contribution in [0.3, 0.4) is 0 Å². The third-order valence-electron chi connectivity index (χ3n) is 1.64. The highest BCUT2D eigenvalue weighted by Crippen LogP contribution is 2.08. The molecule has 0 aromatic rings. The van der Waals surface area contributed by atoms with Crippen LogP contribution in [-0.2, 0) is 0 Å². The van der Waals surface area contributed by atoms with Crippen LogP contribution in [0.4, 0.5) is 0 Å². The number of rotatable bonds is 4. The molecule has 0 saturated carbocycles. The Balaban J connectivity index is 4.13. The zero-order chi connectivity index (χ0) is 8.69. The van der Waals surface area contributed by atoms with Gasteiger partial charge in [0.1, 0.15) is 0 Å². The van der Waals surface area contributed by atoms with Crippen molar-refractivity contribution < 1.29 is 0 Å². The summed E-state index contributed by atoms with van der Waals surface area (Å²) in [5.74, 6) is 0.535. The molecule has 0 rings (SSSR count). The summed E-state index contributed by atoms with van der Waals surface area (Å²) in [5, 5.41) is 0. The van der Waals surface area contributed by atoms with Crippen LogP contribution in [0, 0.1) is 5.92 Å². The molecule has 0 heterocycles. The van der Waals surface area contributed by atoms with Gasteiger partial charge in [-0.05, 0) is 19.3 Å². The van der Waals surface area contributed by atoms with Gasteiger partial charge >= 0.3 is 0 Å². The second-order valence-electron chi connectivity index (χ2n) is 2.68. The maximum Gasteiger partial charge on any atom is -0.00762 e. The largest absolute Gasteiger partial charge is 0.0988 e. The van der Waals surface area contributed by atoms with E-state index in [2.05, 4.69) is 38.7 Å². The van der Waals surface area contributed by atoms with Crippen molar-refractivity contribution in [3.05, 3.63) is 36.5 Å². The van der Waals surface area contributed by atoms with E-state index in [1.54, 1.807) is 0 Å². The predicted octanol–water partition coefficient (Wildman–Crippen LogP) is 3.72. The first-order valence-electron chi connectivity index (χ1n) is 4.20. The summed E-state index contributed by atoms with van der Waals surface area (Å²) >= 11 is 0. The van der Waals surface area contributed by atoms with Crippen LogP contribution in [0.25, 0.3) is 0 Å². The van der Waals surface area contributed by atoms with Crippen molar-refractivity contribution in [2.45, 2.75) is 27.2 Å². The van der Waals surface area contributed by atoms with Crippen molar-refractivity contribution in [2.24, 2.45) is 5.92 Å². The molecule has 0 aromatic carbocycles. The van der Waals surface area contributed by atoms with Crippen molar-refractivity contribution in [1.82, 2.24) is 0 Å². The zero-order valence-electron chi connectivity index (χ0n) is 7.80. The summed E-state index contributed by atoms with van der Waals surface area (Å²) in [5.41, 5.74) is 1.33. The Morgan fingerprint density at radius 3 is 2.55 bits per heavy atom. The molecule has 11 heavy (non-hydrogen) atoms. The van der Waals surface area contributed by atoms with E-state index in [4.69, 9.17) is 0 Å². The molecule has 0 aliphatic rings. The molecule has 0 heteroatoms. The van der Waals surface area contributed by atoms with Gasteiger partial charge in [-0.3, -0.25) is 0 Å². The molecule has 0 nitrogen and oxygen atoms in total. The second kappa shape index (κ2) is 5.96. The van der Waals surface area contributed by atoms with Crippen LogP contribution in [0.15, 0.2) is 36.5 Å². The smallest absolute Gasteiger partial charge is 0.00762 e. The van der Waals surface area contributed by atoms with E-state index in [0.29, 0.717) is 5.92 Å². The third-order valence-corrected chi connectivity index (χ3v) is 1.64. The molecule has 0 aromatic heterocycles. The number of hydrogen-bond acceptors (Lipinski definition) is 0. The first-order valence-corrected chi connectivity index (χ1v) is 4.20. The highest BCUT2D eigenvalue weighted by Gasteiger charge is 1.91. The Labute approximate surface area is 70.3 Å². The fraction of sp³-hybridized carbons (Fsp3) is 0.455. The average Bonchev–Trinajstić information content (AvgIpc) is 2.01. The lowest BCUT2D eigenvalue weighted by Gasteiger charge is -2.00. The standard InChI is InChI=1S/C11H18/c1-5-8-10(4)9-11(6-2)7-3/h5-6,8-10H,2,7H2,1,3-4H3. The molecule has 62 valence electrons. The van der Waals surface area contributed by atoms with E-state index < -0.39 is 0 Å². The van der Waals surface area contributed by atoms with Crippen molar-refractivity contribution in [2.75, 3.05) is 0 Å². The average molecular weight is 150 g/mol. The maximum atomic E-state index is 3.75. The van der Waals surface area contributed by atoms with Gasteiger partial charge in [-0.25, -0.2) is 0 Å². The van der Waals surface area contributed by atoms with Gasteiger partial charge in [0.15, 0.2) is 0 Å². The summed E-state index contributed by atoms with van der Waals surface area (Å²) in [6.07, 6.45) is 9.51. The van der Waals surface area contributed by atoms with Crippen LogP contribution in [-0.4, -0.2) is 0 Å². The Morgan fingerprint density at radius 2 is 2.18 bits per heavy atom. The summed E-state index contributed by atoms with van der Waals surface area (Å²) in [6.45, 7) is 10.1. The molecule has 1 atom stereocenters. The Morgan fingerprint density at radius 1 is 1.55 bits per heavy atom. The maximum absolute atomic E-state index is 3.75. The van der Waals surface area contributed by atoms with E-state index in [1.807, 2.05) is 13.0 Å². The van der Waals surface area contributed by atoms with Crippen molar-refractivity contribution in [1.29, 1.82) is 0 Å². The van der Waals surface area contributed by atoms with Crippen LogP contribution in [0.5, 0.6) is 0 Å². The second-order valence-corrected chi connectivity index (χ2v) is 2.68. The lowest BCUT2D eigenvalue weighted by Crippen LogP contribution is -1.85. The summed E-state index contributed by atoms with van der Waals surface area (Å²) in [6, 6.07) is 0. The van der Waals surface area contributed by atoms with Gasteiger partial charge in [-0.2, -0.15) is 0 Å². The molecule has 0 aliphatic heterocycles. The summed E-state index contributed by atoms with van der Waals surface area (Å²) in [7, 11) is 0. The van der Waals surface area contributed by atoms with E-state index in [9.17, 15) is 0 Å². The van der Waals surface area contributed by atoms with E-state index in [-0.39, 0.29) is 0 Å². The predicted molar refractivity (Wildman–Crippen MR) is 52.5 cm³/mol. The first-order chi connectivity index (χ1) is 5.24. The van der Waals surface area contributed by atoms with E-state index in [1.165, 1.54) is 5.57 Å². The fourth-order valence-corrected chi connectivity index (χ4v) is 1.03. The van der Waals surface area contributed by atoms with Gasteiger partial charge in [0, 0.05) is 0 Å². The van der Waals surface area contributed by atoms with Gasteiger partial charge in [0.2, 0.25) is 0 Å². The van der Waals surface area contributed by atoms with Crippen molar-refractivity contribution >= 4 is 0 Å². The monoisotopic (exact) mass is 150 g/mol. The molecule has 0 aliphatic carbocycles. The molecule has 0 saturated heterocycles. The lowest BCUT2D eigenvalue weighted by molar-refractivity contribution is 0.915. The van der Waals surface area contributed by atoms with Crippen molar-refractivity contribution in [3.63, 3.8) is 0 Å². The van der Waals surface area contributed by atoms with E-state index >= 15 is 0 Å². The van der Waals surface area contributed by atoms with Gasteiger partial charge in [-0.15, -0.1) is 0 Å². The number of hydrogen-bond donors (Lipinski definition) is 0. The van der Waals surface area contributed by atoms with Crippen molar-refractivity contribution in [3.8, 4) is 0 Å². The zero-order valence-corrected chi connectivity index (χ0v) is 7.80. The highest BCUT2D eigenvalue weighted by atomic mass is 14.0. The minimum absolute atomic E-state index is 0.535. The Bertz CT molecular complexity index is 161. The van der Waals surface area contributed by atoms with Gasteiger partial charge < -0.3 is 0 Å². The topological polar surface area (TPSA) is 0 Å². The molecule has 0 spiro atoms. The highest BCUT2D eigenvalue weighted by molar-refractivity contribution is 5.18. The minimum atomic E-state index is 0.535. The third kappa shape index (κ3) is 4.60. The molecule has 0 radical (unpaired) electrons. The van der Waals surface area contributed by atoms with Gasteiger partial charge in [0.05, 0.1) is 0 Å². The molecular weight excluding hydrogens is 132 g/mol. The van der Waals surface area contributed by atoms with Crippen LogP contribution < -0.4 is 0 Å². The molecule has 0 N–H and O–H groups in total. The van der Waals surface area contributed by atoms with Gasteiger partial charge in [-0.1, -0.05) is 50.3 Å². The van der Waals surface area contributed by atoms with Gasteiger partial charge in [0.25, 0.3) is 0 Å². The molecule has 0 fully saturated rings. The molecule has 1 unspecified atom stereocenters. The normalized spacial score (nSPS) is 15.4. The molecular formula is C11H18.